The Morgan fingerprint density at radius 3 is 2.27 bits per heavy atom. The number of carbonyl (C=O) groups excluding carboxylic acids is 1. The van der Waals surface area contributed by atoms with Crippen molar-refractivity contribution in [3.63, 3.8) is 0 Å². The molecule has 0 radical (unpaired) electrons. The van der Waals surface area contributed by atoms with Crippen LogP contribution in [0.3, 0.4) is 0 Å². The molecule has 3 aromatic carbocycles. The SMILES string of the molecule is Cc1cc(C)cc(Oc2c(C(F)(F)F)oc3cc(OC(=O)c4ccc([N+](=O)[O-])cc4Cl)ccc3c2=O)c1. The van der Waals surface area contributed by atoms with E-state index in [2.05, 4.69) is 0 Å². The van der Waals surface area contributed by atoms with E-state index in [1.54, 1.807) is 19.9 Å². The minimum Gasteiger partial charge on any atom is -0.449 e. The van der Waals surface area contributed by atoms with Gasteiger partial charge in [-0.2, -0.15) is 13.2 Å². The number of alkyl halides is 3. The number of nitrogens with zero attached hydrogens (tertiary/aromatic N) is 1. The lowest BCUT2D eigenvalue weighted by molar-refractivity contribution is -0.384. The molecule has 0 N–H and O–H groups in total. The molecule has 0 bridgehead atoms. The number of hydrogen-bond donors (Lipinski definition) is 0. The van der Waals surface area contributed by atoms with Crippen molar-refractivity contribution in [1.82, 2.24) is 0 Å². The van der Waals surface area contributed by atoms with E-state index in [9.17, 15) is 32.9 Å². The van der Waals surface area contributed by atoms with Gasteiger partial charge < -0.3 is 13.9 Å². The number of carbonyl (C=O) groups is 1. The molecular formula is C25H15ClF3NO7. The van der Waals surface area contributed by atoms with Gasteiger partial charge in [0.15, 0.2) is 0 Å². The molecule has 0 aliphatic heterocycles. The molecule has 0 aliphatic carbocycles. The van der Waals surface area contributed by atoms with E-state index in [0.717, 1.165) is 30.3 Å². The average molecular weight is 534 g/mol. The Bertz CT molecular complexity index is 1610. The van der Waals surface area contributed by atoms with Gasteiger partial charge in [0.1, 0.15) is 17.1 Å². The summed E-state index contributed by atoms with van der Waals surface area (Å²) >= 11 is 5.92. The van der Waals surface area contributed by atoms with E-state index < -0.39 is 39.6 Å². The van der Waals surface area contributed by atoms with Crippen molar-refractivity contribution < 1.29 is 36.8 Å². The van der Waals surface area contributed by atoms with Crippen LogP contribution in [-0.2, 0) is 6.18 Å². The minimum atomic E-state index is -5.08. The summed E-state index contributed by atoms with van der Waals surface area (Å²) in [6.07, 6.45) is -5.08. The summed E-state index contributed by atoms with van der Waals surface area (Å²) < 4.78 is 57.0. The minimum absolute atomic E-state index is 0.0279. The smallest absolute Gasteiger partial charge is 0.449 e. The van der Waals surface area contributed by atoms with E-state index in [-0.39, 0.29) is 33.2 Å². The summed E-state index contributed by atoms with van der Waals surface area (Å²) in [6.45, 7) is 3.44. The lowest BCUT2D eigenvalue weighted by Gasteiger charge is -2.14. The quantitative estimate of drug-likeness (QED) is 0.117. The normalized spacial score (nSPS) is 11.4. The van der Waals surface area contributed by atoms with Gasteiger partial charge in [-0.25, -0.2) is 4.79 Å². The number of benzene rings is 3. The molecule has 1 aromatic heterocycles. The van der Waals surface area contributed by atoms with Crippen LogP contribution in [0, 0.1) is 24.0 Å². The Morgan fingerprint density at radius 2 is 1.68 bits per heavy atom. The number of ether oxygens (including phenoxy) is 2. The maximum absolute atomic E-state index is 13.8. The molecule has 37 heavy (non-hydrogen) atoms. The van der Waals surface area contributed by atoms with E-state index in [4.69, 9.17) is 25.5 Å². The van der Waals surface area contributed by atoms with E-state index in [0.29, 0.717) is 11.1 Å². The third kappa shape index (κ3) is 5.41. The van der Waals surface area contributed by atoms with Gasteiger partial charge in [-0.15, -0.1) is 0 Å². The number of rotatable bonds is 5. The van der Waals surface area contributed by atoms with E-state index in [1.807, 2.05) is 0 Å². The molecule has 0 aliphatic rings. The van der Waals surface area contributed by atoms with E-state index >= 15 is 0 Å². The second kappa shape index (κ2) is 9.58. The third-order valence-corrected chi connectivity index (χ3v) is 5.40. The summed E-state index contributed by atoms with van der Waals surface area (Å²) in [5.74, 6) is -3.96. The summed E-state index contributed by atoms with van der Waals surface area (Å²) in [7, 11) is 0. The Hall–Kier alpha value is -4.38. The van der Waals surface area contributed by atoms with Crippen LogP contribution in [0.2, 0.25) is 5.02 Å². The molecule has 0 unspecified atom stereocenters. The van der Waals surface area contributed by atoms with Crippen LogP contribution in [-0.4, -0.2) is 10.9 Å². The van der Waals surface area contributed by atoms with Gasteiger partial charge in [-0.05, 0) is 55.3 Å². The van der Waals surface area contributed by atoms with Crippen LogP contribution >= 0.6 is 11.6 Å². The van der Waals surface area contributed by atoms with Gasteiger partial charge in [0.25, 0.3) is 11.4 Å². The molecule has 1 heterocycles. The number of aryl methyl sites for hydroxylation is 2. The van der Waals surface area contributed by atoms with Gasteiger partial charge in [0, 0.05) is 18.2 Å². The first-order valence-corrected chi connectivity index (χ1v) is 10.8. The maximum Gasteiger partial charge on any atom is 0.453 e. The lowest BCUT2D eigenvalue weighted by atomic mass is 10.1. The number of esters is 1. The summed E-state index contributed by atoms with van der Waals surface area (Å²) in [5.41, 5.74) is -0.731. The van der Waals surface area contributed by atoms with Crippen molar-refractivity contribution in [1.29, 1.82) is 0 Å². The molecule has 4 rings (SSSR count). The fourth-order valence-corrected chi connectivity index (χ4v) is 3.81. The molecule has 0 saturated carbocycles. The molecule has 8 nitrogen and oxygen atoms in total. The first kappa shape index (κ1) is 25.7. The fraction of sp³-hybridized carbons (Fsp3) is 0.120. The largest absolute Gasteiger partial charge is 0.453 e. The predicted octanol–water partition coefficient (Wildman–Crippen LogP) is 7.00. The second-order valence-corrected chi connectivity index (χ2v) is 8.39. The molecule has 12 heteroatoms. The van der Waals surface area contributed by atoms with Gasteiger partial charge >= 0.3 is 12.1 Å². The second-order valence-electron chi connectivity index (χ2n) is 7.98. The first-order chi connectivity index (χ1) is 17.3. The number of non-ortho nitro benzene ring substituents is 1. The van der Waals surface area contributed by atoms with Crippen molar-refractivity contribution in [2.24, 2.45) is 0 Å². The molecule has 190 valence electrons. The molecule has 0 saturated heterocycles. The van der Waals surface area contributed by atoms with Gasteiger partial charge in [0.05, 0.1) is 20.9 Å². The van der Waals surface area contributed by atoms with Crippen LogP contribution in [0.25, 0.3) is 11.0 Å². The number of fused-ring (bicyclic) bond motifs is 1. The van der Waals surface area contributed by atoms with Crippen LogP contribution in [0.4, 0.5) is 18.9 Å². The first-order valence-electron chi connectivity index (χ1n) is 10.4. The standard InChI is InChI=1S/C25H15ClF3NO7/c1-12-7-13(2)9-16(8-12)35-22-21(31)18-6-4-15(11-20(18)37-23(22)25(27,28)29)36-24(32)17-5-3-14(30(33)34)10-19(17)26/h3-11H,1-2H3. The van der Waals surface area contributed by atoms with Crippen molar-refractivity contribution >= 4 is 34.2 Å². The number of nitro benzene ring substituents is 1. The third-order valence-electron chi connectivity index (χ3n) is 5.09. The molecule has 0 amide bonds. The zero-order valence-electron chi connectivity index (χ0n) is 19.0. The predicted molar refractivity (Wildman–Crippen MR) is 127 cm³/mol. The number of hydrogen-bond acceptors (Lipinski definition) is 7. The highest BCUT2D eigenvalue weighted by molar-refractivity contribution is 6.33. The zero-order chi connectivity index (χ0) is 27.1. The monoisotopic (exact) mass is 533 g/mol. The summed E-state index contributed by atoms with van der Waals surface area (Å²) in [4.78, 5) is 35.6. The lowest BCUT2D eigenvalue weighted by Crippen LogP contribution is -2.16. The van der Waals surface area contributed by atoms with Crippen LogP contribution in [0.1, 0.15) is 27.2 Å². The Kier molecular flexibility index (Phi) is 6.66. The molecule has 0 atom stereocenters. The maximum atomic E-state index is 13.8. The topological polar surface area (TPSA) is 109 Å². The number of halogens is 4. The zero-order valence-corrected chi connectivity index (χ0v) is 19.8. The molecule has 4 aromatic rings. The van der Waals surface area contributed by atoms with Crippen molar-refractivity contribution in [2.75, 3.05) is 0 Å². The van der Waals surface area contributed by atoms with Gasteiger partial charge in [0.2, 0.25) is 11.2 Å². The van der Waals surface area contributed by atoms with Crippen LogP contribution in [0.15, 0.2) is 63.8 Å². The highest BCUT2D eigenvalue weighted by Gasteiger charge is 2.40. The number of nitro groups is 1. The molecule has 0 spiro atoms. The fourth-order valence-electron chi connectivity index (χ4n) is 3.55. The Morgan fingerprint density at radius 1 is 1.00 bits per heavy atom. The van der Waals surface area contributed by atoms with E-state index in [1.165, 1.54) is 18.2 Å². The highest BCUT2D eigenvalue weighted by Crippen LogP contribution is 2.39. The van der Waals surface area contributed by atoms with Crippen molar-refractivity contribution in [2.45, 2.75) is 20.0 Å². The Balaban J connectivity index is 1.74. The average Bonchev–Trinajstić information content (AvgIpc) is 2.79. The van der Waals surface area contributed by atoms with Gasteiger partial charge in [-0.3, -0.25) is 14.9 Å². The summed E-state index contributed by atoms with van der Waals surface area (Å²) in [5, 5.41) is 10.3. The summed E-state index contributed by atoms with van der Waals surface area (Å²) in [6, 6.07) is 11.0. The highest BCUT2D eigenvalue weighted by atomic mass is 35.5. The van der Waals surface area contributed by atoms with Crippen molar-refractivity contribution in [3.8, 4) is 17.2 Å². The molecular weight excluding hydrogens is 519 g/mol. The van der Waals surface area contributed by atoms with Crippen molar-refractivity contribution in [3.05, 3.63) is 102 Å². The molecule has 0 fully saturated rings. The van der Waals surface area contributed by atoms with Gasteiger partial charge in [-0.1, -0.05) is 17.7 Å². The van der Waals surface area contributed by atoms with Crippen LogP contribution in [0.5, 0.6) is 17.2 Å². The Labute approximate surface area is 210 Å². The van der Waals surface area contributed by atoms with Crippen LogP contribution < -0.4 is 14.9 Å².